The zero-order valence-corrected chi connectivity index (χ0v) is 21.3. The van der Waals surface area contributed by atoms with E-state index in [0.717, 1.165) is 66.4 Å². The van der Waals surface area contributed by atoms with Crippen molar-refractivity contribution in [2.45, 2.75) is 24.3 Å². The molecule has 184 valence electrons. The number of piperidine rings is 1. The Labute approximate surface area is 215 Å². The summed E-state index contributed by atoms with van der Waals surface area (Å²) in [6.45, 7) is 3.63. The topological polar surface area (TPSA) is 44.3 Å². The monoisotopic (exact) mass is 501 g/mol. The number of anilines is 1. The van der Waals surface area contributed by atoms with Gasteiger partial charge in [-0.3, -0.25) is 0 Å². The quantitative estimate of drug-likeness (QED) is 0.414. The van der Waals surface area contributed by atoms with Crippen molar-refractivity contribution in [2.75, 3.05) is 45.2 Å². The Morgan fingerprint density at radius 2 is 1.89 bits per heavy atom. The second kappa shape index (κ2) is 8.10. The van der Waals surface area contributed by atoms with E-state index in [-0.39, 0.29) is 11.2 Å². The van der Waals surface area contributed by atoms with E-state index in [4.69, 9.17) is 21.6 Å². The van der Waals surface area contributed by atoms with Crippen molar-refractivity contribution < 1.29 is 4.39 Å². The molecule has 2 unspecified atom stereocenters. The number of benzene rings is 3. The van der Waals surface area contributed by atoms with Crippen molar-refractivity contribution in [2.24, 2.45) is 5.92 Å². The normalized spacial score (nSPS) is 23.8. The average molecular weight is 502 g/mol. The van der Waals surface area contributed by atoms with Gasteiger partial charge >= 0.3 is 0 Å². The van der Waals surface area contributed by atoms with Gasteiger partial charge in [0.25, 0.3) is 0 Å². The smallest absolute Gasteiger partial charge is 0.226 e. The summed E-state index contributed by atoms with van der Waals surface area (Å²) in [6, 6.07) is 16.4. The largest absolute Gasteiger partial charge is 0.338 e. The van der Waals surface area contributed by atoms with Gasteiger partial charge in [0.1, 0.15) is 5.52 Å². The molecule has 3 aromatic carbocycles. The zero-order valence-electron chi connectivity index (χ0n) is 20.6. The molecule has 4 aromatic rings. The SMILES string of the molecule is CN(C)C1CN(c2nc(C34CCNCC3C4)c3cc(Cl)c(-c4cccc5ccccc45)c(F)c3n2)C1. The van der Waals surface area contributed by atoms with Crippen molar-refractivity contribution in [1.82, 2.24) is 20.2 Å². The van der Waals surface area contributed by atoms with Crippen molar-refractivity contribution in [3.05, 3.63) is 65.1 Å². The summed E-state index contributed by atoms with van der Waals surface area (Å²) in [5, 5.41) is 6.71. The highest BCUT2D eigenvalue weighted by molar-refractivity contribution is 6.34. The highest BCUT2D eigenvalue weighted by Gasteiger charge is 2.58. The first-order valence-electron chi connectivity index (χ1n) is 12.8. The Morgan fingerprint density at radius 1 is 1.08 bits per heavy atom. The van der Waals surface area contributed by atoms with Crippen LogP contribution in [0.4, 0.5) is 10.3 Å². The second-order valence-electron chi connectivity index (χ2n) is 10.9. The van der Waals surface area contributed by atoms with Crippen molar-refractivity contribution in [3.8, 4) is 11.1 Å². The molecular weight excluding hydrogens is 473 g/mol. The predicted octanol–water partition coefficient (Wildman–Crippen LogP) is 5.24. The summed E-state index contributed by atoms with van der Waals surface area (Å²) in [6.07, 6.45) is 2.09. The van der Waals surface area contributed by atoms with Gasteiger partial charge in [-0.05, 0) is 68.3 Å². The van der Waals surface area contributed by atoms with Gasteiger partial charge in [0, 0.05) is 35.5 Å². The van der Waals surface area contributed by atoms with Gasteiger partial charge in [-0.15, -0.1) is 0 Å². The Hall–Kier alpha value is -2.80. The summed E-state index contributed by atoms with van der Waals surface area (Å²) in [7, 11) is 4.19. The fourth-order valence-electron chi connectivity index (χ4n) is 6.29. The number of hydrogen-bond donors (Lipinski definition) is 1. The van der Waals surface area contributed by atoms with Crippen molar-refractivity contribution in [1.29, 1.82) is 0 Å². The molecule has 1 N–H and O–H groups in total. The highest BCUT2D eigenvalue weighted by atomic mass is 35.5. The number of aromatic nitrogens is 2. The number of nitrogens with zero attached hydrogens (tertiary/aromatic N) is 4. The van der Waals surface area contributed by atoms with Crippen LogP contribution in [0.1, 0.15) is 18.5 Å². The van der Waals surface area contributed by atoms with Crippen LogP contribution in [0.3, 0.4) is 0 Å². The molecule has 0 bridgehead atoms. The lowest BCUT2D eigenvalue weighted by Gasteiger charge is -2.43. The number of hydrogen-bond acceptors (Lipinski definition) is 5. The molecule has 1 aromatic heterocycles. The number of rotatable bonds is 4. The van der Waals surface area contributed by atoms with Crippen LogP contribution in [0.25, 0.3) is 32.8 Å². The first-order valence-corrected chi connectivity index (χ1v) is 13.1. The fourth-order valence-corrected chi connectivity index (χ4v) is 6.58. The fraction of sp³-hybridized carbons (Fsp3) is 0.379. The maximum absolute atomic E-state index is 16.6. The highest BCUT2D eigenvalue weighted by Crippen LogP contribution is 2.59. The minimum atomic E-state index is -0.356. The van der Waals surface area contributed by atoms with Crippen LogP contribution >= 0.6 is 11.6 Å². The number of halogens is 2. The summed E-state index contributed by atoms with van der Waals surface area (Å²) in [5.41, 5.74) is 2.56. The van der Waals surface area contributed by atoms with Gasteiger partial charge in [0.2, 0.25) is 5.95 Å². The first-order chi connectivity index (χ1) is 17.5. The second-order valence-corrected chi connectivity index (χ2v) is 11.3. The number of nitrogens with one attached hydrogen (secondary N) is 1. The molecule has 2 atom stereocenters. The van der Waals surface area contributed by atoms with Gasteiger partial charge in [0.05, 0.1) is 10.7 Å². The molecule has 3 fully saturated rings. The predicted molar refractivity (Wildman–Crippen MR) is 144 cm³/mol. The summed E-state index contributed by atoms with van der Waals surface area (Å²) >= 11 is 6.88. The molecule has 7 heteroatoms. The van der Waals surface area contributed by atoms with Crippen LogP contribution in [0.2, 0.25) is 5.02 Å². The van der Waals surface area contributed by atoms with E-state index >= 15 is 4.39 Å². The average Bonchev–Trinajstić information content (AvgIpc) is 3.59. The molecule has 3 heterocycles. The maximum atomic E-state index is 16.6. The molecule has 0 amide bonds. The van der Waals surface area contributed by atoms with Gasteiger partial charge in [-0.1, -0.05) is 54.1 Å². The van der Waals surface area contributed by atoms with Crippen molar-refractivity contribution >= 4 is 39.2 Å². The van der Waals surface area contributed by atoms with Crippen molar-refractivity contribution in [3.63, 3.8) is 0 Å². The molecule has 1 aliphatic carbocycles. The summed E-state index contributed by atoms with van der Waals surface area (Å²) in [4.78, 5) is 14.4. The van der Waals surface area contributed by atoms with Gasteiger partial charge < -0.3 is 15.1 Å². The van der Waals surface area contributed by atoms with Crippen LogP contribution < -0.4 is 10.2 Å². The Bertz CT molecular complexity index is 1510. The lowest BCUT2D eigenvalue weighted by molar-refractivity contribution is 0.245. The summed E-state index contributed by atoms with van der Waals surface area (Å²) in [5.74, 6) is 0.813. The molecule has 3 aliphatic rings. The van der Waals surface area contributed by atoms with E-state index in [2.05, 4.69) is 29.2 Å². The van der Waals surface area contributed by atoms with Gasteiger partial charge in [0.15, 0.2) is 5.82 Å². The van der Waals surface area contributed by atoms with Crippen LogP contribution in [-0.4, -0.2) is 61.2 Å². The third kappa shape index (κ3) is 3.28. The minimum absolute atomic E-state index is 0.0102. The van der Waals surface area contributed by atoms with E-state index in [1.54, 1.807) is 0 Å². The van der Waals surface area contributed by atoms with Crippen LogP contribution in [-0.2, 0) is 5.41 Å². The summed E-state index contributed by atoms with van der Waals surface area (Å²) < 4.78 is 16.6. The van der Waals surface area contributed by atoms with E-state index < -0.39 is 0 Å². The van der Waals surface area contributed by atoms with E-state index in [1.165, 1.54) is 0 Å². The zero-order chi connectivity index (χ0) is 24.6. The number of likely N-dealkylation sites (N-methyl/N-ethyl adjacent to an activating group) is 1. The molecule has 2 aliphatic heterocycles. The maximum Gasteiger partial charge on any atom is 0.226 e. The van der Waals surface area contributed by atoms with Gasteiger partial charge in [-0.25, -0.2) is 14.4 Å². The Morgan fingerprint density at radius 3 is 2.69 bits per heavy atom. The lowest BCUT2D eigenvalue weighted by atomic mass is 9.88. The minimum Gasteiger partial charge on any atom is -0.338 e. The molecular formula is C29H29ClFN5. The standard InChI is InChI=1S/C29H29ClFN5/c1-35(2)19-15-36(16-19)28-33-26-22(27(34-28)29-10-11-32-14-18(29)13-29)12-23(30)24(25(26)31)21-9-5-7-17-6-3-4-8-20(17)21/h3-9,12,18-19,32H,10-11,13-16H2,1-2H3. The van der Waals surface area contributed by atoms with E-state index in [9.17, 15) is 0 Å². The van der Waals surface area contributed by atoms with Gasteiger partial charge in [-0.2, -0.15) is 0 Å². The Kier molecular flexibility index (Phi) is 5.04. The molecule has 7 rings (SSSR count). The van der Waals surface area contributed by atoms with E-state index in [0.29, 0.717) is 34.0 Å². The lowest BCUT2D eigenvalue weighted by Crippen LogP contribution is -2.58. The first kappa shape index (κ1) is 22.4. The van der Waals surface area contributed by atoms with Crippen LogP contribution in [0.15, 0.2) is 48.5 Å². The molecule has 0 spiro atoms. The molecule has 5 nitrogen and oxygen atoms in total. The number of fused-ring (bicyclic) bond motifs is 3. The molecule has 36 heavy (non-hydrogen) atoms. The molecule has 1 saturated carbocycles. The third-order valence-electron chi connectivity index (χ3n) is 8.65. The molecule has 0 radical (unpaired) electrons. The third-order valence-corrected chi connectivity index (χ3v) is 8.95. The van der Waals surface area contributed by atoms with E-state index in [1.807, 2.05) is 48.5 Å². The Balaban J connectivity index is 1.45. The molecule has 2 saturated heterocycles. The van der Waals surface area contributed by atoms with Crippen LogP contribution in [0, 0.1) is 11.7 Å². The van der Waals surface area contributed by atoms with Crippen LogP contribution in [0.5, 0.6) is 0 Å².